The number of amides is 1. The van der Waals surface area contributed by atoms with Crippen LogP contribution in [-0.2, 0) is 14.3 Å². The van der Waals surface area contributed by atoms with Gasteiger partial charge in [-0.3, -0.25) is 4.90 Å². The third-order valence-corrected chi connectivity index (χ3v) is 5.39. The van der Waals surface area contributed by atoms with Gasteiger partial charge >= 0.3 is 12.1 Å². The molecule has 2 aliphatic rings. The van der Waals surface area contributed by atoms with Crippen molar-refractivity contribution in [3.63, 3.8) is 0 Å². The van der Waals surface area contributed by atoms with Crippen molar-refractivity contribution in [1.82, 2.24) is 4.90 Å². The highest BCUT2D eigenvalue weighted by Gasteiger charge is 2.50. The largest absolute Gasteiger partial charge is 0.480 e. The first kappa shape index (κ1) is 19.5. The number of benzene rings is 2. The molecule has 4 rings (SSSR count). The summed E-state index contributed by atoms with van der Waals surface area (Å²) in [5, 5.41) is 9.53. The van der Waals surface area contributed by atoms with Gasteiger partial charge in [0, 0.05) is 5.92 Å². The highest BCUT2D eigenvalue weighted by atomic mass is 16.6. The number of carbonyl (C=O) groups excluding carboxylic acids is 1. The van der Waals surface area contributed by atoms with Gasteiger partial charge in [0.25, 0.3) is 0 Å². The fourth-order valence-corrected chi connectivity index (χ4v) is 4.18. The van der Waals surface area contributed by atoms with Crippen molar-refractivity contribution in [2.75, 3.05) is 13.2 Å². The zero-order valence-electron chi connectivity index (χ0n) is 16.8. The number of carbonyl (C=O) groups is 2. The third kappa shape index (κ3) is 3.60. The molecule has 29 heavy (non-hydrogen) atoms. The normalized spacial score (nSPS) is 20.6. The Bertz CT molecular complexity index is 903. The highest BCUT2D eigenvalue weighted by Crippen LogP contribution is 2.44. The summed E-state index contributed by atoms with van der Waals surface area (Å²) < 4.78 is 11.3. The number of aliphatic carboxylic acids is 1. The van der Waals surface area contributed by atoms with Crippen LogP contribution in [0.15, 0.2) is 48.5 Å². The molecule has 1 saturated heterocycles. The number of nitrogens with zero attached hydrogens (tertiary/aromatic N) is 1. The van der Waals surface area contributed by atoms with Crippen molar-refractivity contribution in [2.24, 2.45) is 0 Å². The van der Waals surface area contributed by atoms with E-state index in [1.165, 1.54) is 4.90 Å². The number of fused-ring (bicyclic) bond motifs is 3. The van der Waals surface area contributed by atoms with Crippen molar-refractivity contribution in [3.05, 3.63) is 59.7 Å². The summed E-state index contributed by atoms with van der Waals surface area (Å²) in [5.41, 5.74) is 4.05. The molecular weight excluding hydrogens is 370 g/mol. The Balaban J connectivity index is 1.46. The maximum atomic E-state index is 12.6. The Kier molecular flexibility index (Phi) is 4.82. The minimum absolute atomic E-state index is 0.0578. The monoisotopic (exact) mass is 395 g/mol. The van der Waals surface area contributed by atoms with Crippen molar-refractivity contribution >= 4 is 12.1 Å². The van der Waals surface area contributed by atoms with Crippen molar-refractivity contribution in [3.8, 4) is 11.1 Å². The van der Waals surface area contributed by atoms with Gasteiger partial charge in [0.1, 0.15) is 12.7 Å². The van der Waals surface area contributed by atoms with Gasteiger partial charge in [-0.2, -0.15) is 0 Å². The fourth-order valence-electron chi connectivity index (χ4n) is 4.18. The summed E-state index contributed by atoms with van der Waals surface area (Å²) in [4.78, 5) is 25.5. The van der Waals surface area contributed by atoms with Gasteiger partial charge in [0.2, 0.25) is 0 Å². The van der Waals surface area contributed by atoms with Crippen LogP contribution in [0.4, 0.5) is 4.79 Å². The van der Waals surface area contributed by atoms with Crippen LogP contribution in [0.3, 0.4) is 0 Å². The van der Waals surface area contributed by atoms with Gasteiger partial charge < -0.3 is 14.6 Å². The molecule has 0 saturated carbocycles. The van der Waals surface area contributed by atoms with E-state index >= 15 is 0 Å². The summed E-state index contributed by atoms with van der Waals surface area (Å²) >= 11 is 0. The van der Waals surface area contributed by atoms with Crippen LogP contribution in [0.1, 0.15) is 37.8 Å². The van der Waals surface area contributed by atoms with E-state index < -0.39 is 29.8 Å². The Morgan fingerprint density at radius 3 is 2.10 bits per heavy atom. The lowest BCUT2D eigenvalue weighted by Gasteiger charge is -2.46. The zero-order chi connectivity index (χ0) is 20.8. The maximum absolute atomic E-state index is 12.6. The van der Waals surface area contributed by atoms with Crippen LogP contribution in [0.25, 0.3) is 11.1 Å². The molecule has 6 heteroatoms. The number of hydrogen-bond donors (Lipinski definition) is 1. The lowest BCUT2D eigenvalue weighted by atomic mass is 9.98. The van der Waals surface area contributed by atoms with Gasteiger partial charge in [-0.25, -0.2) is 9.59 Å². The van der Waals surface area contributed by atoms with Crippen molar-refractivity contribution in [1.29, 1.82) is 0 Å². The van der Waals surface area contributed by atoms with E-state index in [4.69, 9.17) is 9.47 Å². The van der Waals surface area contributed by atoms with E-state index in [9.17, 15) is 14.7 Å². The molecule has 152 valence electrons. The van der Waals surface area contributed by atoms with Gasteiger partial charge in [-0.05, 0) is 43.0 Å². The maximum Gasteiger partial charge on any atom is 0.410 e. The Morgan fingerprint density at radius 1 is 1.03 bits per heavy atom. The molecule has 1 heterocycles. The number of carboxylic acid groups (broad SMARTS) is 1. The molecule has 1 aliphatic carbocycles. The van der Waals surface area contributed by atoms with E-state index in [2.05, 4.69) is 12.1 Å². The quantitative estimate of drug-likeness (QED) is 0.850. The number of rotatable bonds is 4. The summed E-state index contributed by atoms with van der Waals surface area (Å²) in [6.07, 6.45) is -1.15. The van der Waals surface area contributed by atoms with E-state index in [1.807, 2.05) is 57.2 Å². The first-order valence-corrected chi connectivity index (χ1v) is 9.78. The van der Waals surface area contributed by atoms with Crippen LogP contribution < -0.4 is 0 Å². The summed E-state index contributed by atoms with van der Waals surface area (Å²) in [5.74, 6) is -1.14. The first-order chi connectivity index (χ1) is 13.8. The molecule has 1 amide bonds. The summed E-state index contributed by atoms with van der Waals surface area (Å²) in [7, 11) is 0. The predicted octanol–water partition coefficient (Wildman–Crippen LogP) is 3.89. The Labute approximate surface area is 170 Å². The highest BCUT2D eigenvalue weighted by molar-refractivity contribution is 5.83. The number of ether oxygens (including phenoxy) is 2. The van der Waals surface area contributed by atoms with E-state index in [-0.39, 0.29) is 19.1 Å². The first-order valence-electron chi connectivity index (χ1n) is 9.78. The molecule has 0 unspecified atom stereocenters. The average molecular weight is 395 g/mol. The van der Waals surface area contributed by atoms with E-state index in [1.54, 1.807) is 0 Å². The van der Waals surface area contributed by atoms with Crippen molar-refractivity contribution in [2.45, 2.75) is 44.4 Å². The van der Waals surface area contributed by atoms with E-state index in [0.29, 0.717) is 0 Å². The molecule has 1 aliphatic heterocycles. The van der Waals surface area contributed by atoms with Crippen LogP contribution in [0.2, 0.25) is 0 Å². The summed E-state index contributed by atoms with van der Waals surface area (Å²) in [6.45, 7) is 5.97. The minimum Gasteiger partial charge on any atom is -0.480 e. The zero-order valence-corrected chi connectivity index (χ0v) is 16.8. The molecule has 2 aromatic carbocycles. The van der Waals surface area contributed by atoms with E-state index in [0.717, 1.165) is 22.3 Å². The smallest absolute Gasteiger partial charge is 0.410 e. The molecule has 0 spiro atoms. The van der Waals surface area contributed by atoms with Crippen LogP contribution >= 0.6 is 0 Å². The molecule has 2 atom stereocenters. The fraction of sp³-hybridized carbons (Fsp3) is 0.391. The van der Waals surface area contributed by atoms with Gasteiger partial charge in [0.05, 0.1) is 12.1 Å². The SMILES string of the molecule is CC(C)(C)O[C@@H]1CN(C(=O)OCC2c3ccccc3-c3ccccc32)[C@@H]1C(=O)O. The molecule has 1 N–H and O–H groups in total. The second kappa shape index (κ2) is 7.19. The van der Waals surface area contributed by atoms with Crippen LogP contribution in [-0.4, -0.2) is 53.0 Å². The third-order valence-electron chi connectivity index (χ3n) is 5.39. The molecule has 1 fully saturated rings. The Hall–Kier alpha value is -2.86. The predicted molar refractivity (Wildman–Crippen MR) is 108 cm³/mol. The number of hydrogen-bond acceptors (Lipinski definition) is 4. The van der Waals surface area contributed by atoms with Gasteiger partial charge in [0.15, 0.2) is 6.04 Å². The minimum atomic E-state index is -1.08. The second-order valence-electron chi connectivity index (χ2n) is 8.51. The Morgan fingerprint density at radius 2 is 1.59 bits per heavy atom. The topological polar surface area (TPSA) is 76.1 Å². The van der Waals surface area contributed by atoms with Crippen molar-refractivity contribution < 1.29 is 24.2 Å². The lowest BCUT2D eigenvalue weighted by molar-refractivity contribution is -0.178. The van der Waals surface area contributed by atoms with Crippen LogP contribution in [0.5, 0.6) is 0 Å². The molecule has 6 nitrogen and oxygen atoms in total. The molecule has 2 aromatic rings. The molecule has 0 aromatic heterocycles. The molecular formula is C23H25NO5. The molecule has 0 bridgehead atoms. The number of carboxylic acids is 1. The van der Waals surface area contributed by atoms with Crippen LogP contribution in [0, 0.1) is 0 Å². The van der Waals surface area contributed by atoms with Gasteiger partial charge in [-0.15, -0.1) is 0 Å². The number of likely N-dealkylation sites (tertiary alicyclic amines) is 1. The second-order valence-corrected chi connectivity index (χ2v) is 8.51. The summed E-state index contributed by atoms with van der Waals surface area (Å²) in [6, 6.07) is 15.2. The average Bonchev–Trinajstić information content (AvgIpc) is 2.95. The van der Waals surface area contributed by atoms with Gasteiger partial charge in [-0.1, -0.05) is 48.5 Å². The lowest BCUT2D eigenvalue weighted by Crippen LogP contribution is -2.67. The molecule has 0 radical (unpaired) electrons. The standard InChI is InChI=1S/C23H25NO5/c1-23(2,3)29-19-12-24(20(19)21(25)26)22(27)28-13-18-16-10-6-4-8-14(16)15-9-5-7-11-17(15)18/h4-11,18-20H,12-13H2,1-3H3,(H,25,26)/t19-,20+/m1/s1.